The van der Waals surface area contributed by atoms with Crippen molar-refractivity contribution in [3.63, 3.8) is 0 Å². The molecule has 0 aliphatic carbocycles. The van der Waals surface area contributed by atoms with Crippen molar-refractivity contribution >= 4 is 21.9 Å². The molecule has 0 saturated heterocycles. The molecule has 1 aromatic rings. The van der Waals surface area contributed by atoms with Crippen molar-refractivity contribution < 1.29 is 27.2 Å². The smallest absolute Gasteiger partial charge is 0.354 e. The molecule has 138 valence electrons. The minimum absolute atomic E-state index is 0.00748. The van der Waals surface area contributed by atoms with Gasteiger partial charge in [-0.15, -0.1) is 0 Å². The van der Waals surface area contributed by atoms with Crippen molar-refractivity contribution in [1.82, 2.24) is 10.0 Å². The van der Waals surface area contributed by atoms with Crippen molar-refractivity contribution in [2.24, 2.45) is 0 Å². The Kier molecular flexibility index (Phi) is 5.56. The van der Waals surface area contributed by atoms with Crippen molar-refractivity contribution in [2.45, 2.75) is 46.1 Å². The van der Waals surface area contributed by atoms with Gasteiger partial charge in [-0.25, -0.2) is 17.9 Å². The average Bonchev–Trinajstić information content (AvgIpc) is 3.07. The van der Waals surface area contributed by atoms with Gasteiger partial charge in [0.25, 0.3) is 15.9 Å². The predicted molar refractivity (Wildman–Crippen MR) is 89.7 cm³/mol. The lowest BCUT2D eigenvalue weighted by atomic mass is 10.1. The number of carbonyl (C=O) groups excluding carboxylic acids is 2. The third kappa shape index (κ3) is 3.87. The van der Waals surface area contributed by atoms with Gasteiger partial charge in [0, 0.05) is 0 Å². The highest BCUT2D eigenvalue weighted by molar-refractivity contribution is 7.95. The summed E-state index contributed by atoms with van der Waals surface area (Å²) in [6.45, 7) is 7.42. The van der Waals surface area contributed by atoms with E-state index in [0.29, 0.717) is 12.2 Å². The molecule has 1 aromatic heterocycles. The first-order chi connectivity index (χ1) is 11.7. The van der Waals surface area contributed by atoms with Crippen LogP contribution in [0.5, 0.6) is 0 Å². The topological polar surface area (TPSA) is 115 Å². The van der Waals surface area contributed by atoms with E-state index in [4.69, 9.17) is 9.15 Å². The van der Waals surface area contributed by atoms with Crippen LogP contribution in [0.2, 0.25) is 0 Å². The third-order valence-corrected chi connectivity index (χ3v) is 5.15. The second kappa shape index (κ2) is 7.30. The molecule has 2 rings (SSSR count). The Labute approximate surface area is 146 Å². The highest BCUT2D eigenvalue weighted by Gasteiger charge is 2.42. The van der Waals surface area contributed by atoms with Gasteiger partial charge in [0.2, 0.25) is 4.91 Å². The highest BCUT2D eigenvalue weighted by atomic mass is 32.2. The largest absolute Gasteiger partial charge is 0.467 e. The molecule has 0 fully saturated rings. The molecular weight excluding hydrogens is 348 g/mol. The number of hydrogen-bond donors (Lipinski definition) is 2. The van der Waals surface area contributed by atoms with Gasteiger partial charge in [-0.2, -0.15) is 0 Å². The van der Waals surface area contributed by atoms with Gasteiger partial charge in [0.1, 0.15) is 11.5 Å². The molecule has 25 heavy (non-hydrogen) atoms. The van der Waals surface area contributed by atoms with Crippen molar-refractivity contribution in [2.75, 3.05) is 6.61 Å². The maximum Gasteiger partial charge on any atom is 0.354 e. The van der Waals surface area contributed by atoms with Gasteiger partial charge < -0.3 is 14.5 Å². The molecule has 1 amide bonds. The maximum absolute atomic E-state index is 12.1. The van der Waals surface area contributed by atoms with Crippen LogP contribution in [-0.2, 0) is 24.3 Å². The summed E-state index contributed by atoms with van der Waals surface area (Å²) in [5, 5.41) is 2.82. The second-order valence-electron chi connectivity index (χ2n) is 5.90. The predicted octanol–water partition coefficient (Wildman–Crippen LogP) is 1.68. The molecule has 0 saturated carbocycles. The molecule has 2 N–H and O–H groups in total. The van der Waals surface area contributed by atoms with Gasteiger partial charge in [-0.05, 0) is 30.9 Å². The summed E-state index contributed by atoms with van der Waals surface area (Å²) in [6, 6.07) is 1.38. The summed E-state index contributed by atoms with van der Waals surface area (Å²) < 4.78 is 36.2. The Hall–Kier alpha value is -2.29. The SMILES string of the molecule is CCOC(=O)C1=C(N[C@H](CC)c2cc(C(C)C)co2)C(=O)NS1(=O)=O. The number of furan rings is 1. The van der Waals surface area contributed by atoms with E-state index < -0.39 is 32.8 Å². The van der Waals surface area contributed by atoms with E-state index in [-0.39, 0.29) is 18.2 Å². The van der Waals surface area contributed by atoms with Crippen molar-refractivity contribution in [3.8, 4) is 0 Å². The number of rotatable bonds is 7. The zero-order valence-electron chi connectivity index (χ0n) is 14.6. The molecule has 0 bridgehead atoms. The summed E-state index contributed by atoms with van der Waals surface area (Å²) in [6.07, 6.45) is 2.13. The van der Waals surface area contributed by atoms with E-state index in [2.05, 4.69) is 5.32 Å². The maximum atomic E-state index is 12.1. The summed E-state index contributed by atoms with van der Waals surface area (Å²) in [4.78, 5) is 23.4. The zero-order chi connectivity index (χ0) is 18.8. The van der Waals surface area contributed by atoms with Crippen LogP contribution < -0.4 is 10.0 Å². The van der Waals surface area contributed by atoms with E-state index >= 15 is 0 Å². The van der Waals surface area contributed by atoms with E-state index in [0.717, 1.165) is 5.56 Å². The molecule has 1 aliphatic rings. The minimum atomic E-state index is -4.24. The quantitative estimate of drug-likeness (QED) is 0.702. The molecular formula is C16H22N2O6S. The first kappa shape index (κ1) is 19.0. The Balaban J connectivity index is 2.39. The lowest BCUT2D eigenvalue weighted by Gasteiger charge is -2.16. The van der Waals surface area contributed by atoms with Crippen molar-refractivity contribution in [3.05, 3.63) is 34.3 Å². The monoisotopic (exact) mass is 370 g/mol. The van der Waals surface area contributed by atoms with Crippen LogP contribution in [0, 0.1) is 0 Å². The number of sulfonamides is 1. The number of nitrogens with one attached hydrogen (secondary N) is 2. The average molecular weight is 370 g/mol. The van der Waals surface area contributed by atoms with Crippen LogP contribution >= 0.6 is 0 Å². The Morgan fingerprint density at radius 2 is 2.04 bits per heavy atom. The molecule has 0 unspecified atom stereocenters. The fourth-order valence-electron chi connectivity index (χ4n) is 2.40. The molecule has 2 heterocycles. The molecule has 0 spiro atoms. The fraction of sp³-hybridized carbons (Fsp3) is 0.500. The van der Waals surface area contributed by atoms with Gasteiger partial charge in [-0.1, -0.05) is 20.8 Å². The summed E-state index contributed by atoms with van der Waals surface area (Å²) in [5.74, 6) is -1.14. The Morgan fingerprint density at radius 1 is 1.36 bits per heavy atom. The van der Waals surface area contributed by atoms with Crippen LogP contribution in [-0.4, -0.2) is 26.9 Å². The van der Waals surface area contributed by atoms with Crippen LogP contribution in [0.25, 0.3) is 0 Å². The summed E-state index contributed by atoms with van der Waals surface area (Å²) >= 11 is 0. The molecule has 0 radical (unpaired) electrons. The number of carbonyl (C=O) groups is 2. The Morgan fingerprint density at radius 3 is 2.56 bits per heavy atom. The van der Waals surface area contributed by atoms with E-state index in [1.165, 1.54) is 0 Å². The summed E-state index contributed by atoms with van der Waals surface area (Å²) in [5.41, 5.74) is 0.658. The second-order valence-corrected chi connectivity index (χ2v) is 7.52. The van der Waals surface area contributed by atoms with Crippen LogP contribution in [0.1, 0.15) is 57.4 Å². The van der Waals surface area contributed by atoms with Crippen LogP contribution in [0.3, 0.4) is 0 Å². The lowest BCUT2D eigenvalue weighted by molar-refractivity contribution is -0.137. The first-order valence-corrected chi connectivity index (χ1v) is 9.52. The molecule has 1 atom stereocenters. The van der Waals surface area contributed by atoms with Crippen molar-refractivity contribution in [1.29, 1.82) is 0 Å². The molecule has 1 aliphatic heterocycles. The van der Waals surface area contributed by atoms with E-state index in [1.807, 2.05) is 26.8 Å². The molecule has 9 heteroatoms. The number of ether oxygens (including phenoxy) is 1. The standard InChI is InChI=1S/C16H22N2O6S/c1-5-11(12-7-10(8-24-12)9(3)4)17-13-14(16(20)23-6-2)25(21,22)18-15(13)19/h7-9,11,17H,5-6H2,1-4H3,(H,18,19)/t11-/m1/s1. The molecule has 0 aromatic carbocycles. The Bertz CT molecular complexity index is 806. The van der Waals surface area contributed by atoms with Gasteiger partial charge >= 0.3 is 5.97 Å². The number of esters is 1. The number of hydrogen-bond acceptors (Lipinski definition) is 7. The number of amides is 1. The molecule has 8 nitrogen and oxygen atoms in total. The zero-order valence-corrected chi connectivity index (χ0v) is 15.4. The minimum Gasteiger partial charge on any atom is -0.467 e. The van der Waals surface area contributed by atoms with Crippen LogP contribution in [0.4, 0.5) is 0 Å². The summed E-state index contributed by atoms with van der Waals surface area (Å²) in [7, 11) is -4.24. The van der Waals surface area contributed by atoms with E-state index in [9.17, 15) is 18.0 Å². The van der Waals surface area contributed by atoms with E-state index in [1.54, 1.807) is 17.9 Å². The first-order valence-electron chi connectivity index (χ1n) is 8.04. The lowest BCUT2D eigenvalue weighted by Crippen LogP contribution is -2.29. The van der Waals surface area contributed by atoms with Gasteiger partial charge in [0.05, 0.1) is 18.9 Å². The fourth-order valence-corrected chi connectivity index (χ4v) is 3.55. The van der Waals surface area contributed by atoms with Gasteiger partial charge in [0.15, 0.2) is 0 Å². The normalized spacial score (nSPS) is 17.6. The third-order valence-electron chi connectivity index (χ3n) is 3.79. The van der Waals surface area contributed by atoms with Crippen LogP contribution in [0.15, 0.2) is 27.3 Å². The van der Waals surface area contributed by atoms with Gasteiger partial charge in [-0.3, -0.25) is 4.79 Å². The highest BCUT2D eigenvalue weighted by Crippen LogP contribution is 2.27.